The fourth-order valence-electron chi connectivity index (χ4n) is 1.99. The van der Waals surface area contributed by atoms with Crippen molar-refractivity contribution < 1.29 is 19.5 Å². The number of carbonyl (C=O) groups excluding carboxylic acids is 2. The maximum atomic E-state index is 11.7. The zero-order valence-corrected chi connectivity index (χ0v) is 13.6. The molecule has 24 heavy (non-hydrogen) atoms. The number of carboxylic acid groups (broad SMARTS) is 1. The lowest BCUT2D eigenvalue weighted by Crippen LogP contribution is -2.29. The van der Waals surface area contributed by atoms with Gasteiger partial charge in [0.05, 0.1) is 0 Å². The second-order valence-electron chi connectivity index (χ2n) is 5.06. The van der Waals surface area contributed by atoms with E-state index in [-0.39, 0.29) is 5.78 Å². The Bertz CT molecular complexity index is 788. The van der Waals surface area contributed by atoms with Crippen LogP contribution in [0.2, 0.25) is 5.02 Å². The molecule has 0 radical (unpaired) electrons. The number of carboxylic acids is 1. The molecule has 0 atom stereocenters. The van der Waals surface area contributed by atoms with Gasteiger partial charge in [0.15, 0.2) is 5.78 Å². The summed E-state index contributed by atoms with van der Waals surface area (Å²) >= 11 is 5.99. The van der Waals surface area contributed by atoms with Gasteiger partial charge in [0.2, 0.25) is 0 Å². The Morgan fingerprint density at radius 3 is 2.25 bits per heavy atom. The van der Waals surface area contributed by atoms with Crippen LogP contribution < -0.4 is 10.6 Å². The first kappa shape index (κ1) is 17.5. The summed E-state index contributed by atoms with van der Waals surface area (Å²) in [7, 11) is 0. The molecule has 0 aromatic heterocycles. The van der Waals surface area contributed by atoms with Crippen LogP contribution in [-0.4, -0.2) is 29.3 Å². The van der Waals surface area contributed by atoms with Crippen LogP contribution >= 0.6 is 11.6 Å². The van der Waals surface area contributed by atoms with Crippen molar-refractivity contribution in [2.24, 2.45) is 0 Å². The topological polar surface area (TPSA) is 95.5 Å². The van der Waals surface area contributed by atoms with E-state index < -0.39 is 18.4 Å². The zero-order valence-electron chi connectivity index (χ0n) is 12.8. The normalized spacial score (nSPS) is 10.1. The SMILES string of the molecule is CC(=O)c1cc(Cl)cc(Nc2ccc(C(=O)NCC(=O)O)cc2)c1. The van der Waals surface area contributed by atoms with E-state index >= 15 is 0 Å². The molecule has 2 rings (SSSR count). The molecular weight excluding hydrogens is 332 g/mol. The lowest BCUT2D eigenvalue weighted by Gasteiger charge is -2.09. The fraction of sp³-hybridized carbons (Fsp3) is 0.118. The second kappa shape index (κ2) is 7.61. The number of Topliss-reactive ketones (excluding diaryl/α,β-unsaturated/α-hetero) is 1. The zero-order chi connectivity index (χ0) is 17.7. The Hall–Kier alpha value is -2.86. The molecule has 2 aromatic carbocycles. The summed E-state index contributed by atoms with van der Waals surface area (Å²) in [6, 6.07) is 11.4. The molecule has 0 unspecified atom stereocenters. The maximum Gasteiger partial charge on any atom is 0.322 e. The van der Waals surface area contributed by atoms with Gasteiger partial charge in [0.25, 0.3) is 5.91 Å². The summed E-state index contributed by atoms with van der Waals surface area (Å²) in [5.41, 5.74) is 2.18. The number of halogens is 1. The van der Waals surface area contributed by atoms with Gasteiger partial charge in [-0.05, 0) is 49.4 Å². The Morgan fingerprint density at radius 1 is 1.00 bits per heavy atom. The number of benzene rings is 2. The Labute approximate surface area is 143 Å². The molecular formula is C17H15ClN2O4. The molecule has 0 saturated heterocycles. The van der Waals surface area contributed by atoms with Gasteiger partial charge < -0.3 is 15.7 Å². The molecule has 1 amide bonds. The quantitative estimate of drug-likeness (QED) is 0.698. The second-order valence-corrected chi connectivity index (χ2v) is 5.50. The number of nitrogens with one attached hydrogen (secondary N) is 2. The lowest BCUT2D eigenvalue weighted by molar-refractivity contribution is -0.135. The highest BCUT2D eigenvalue weighted by molar-refractivity contribution is 6.31. The fourth-order valence-corrected chi connectivity index (χ4v) is 2.23. The highest BCUT2D eigenvalue weighted by Crippen LogP contribution is 2.23. The average molecular weight is 347 g/mol. The minimum absolute atomic E-state index is 0.0917. The van der Waals surface area contributed by atoms with Crippen LogP contribution in [0.1, 0.15) is 27.6 Å². The maximum absolute atomic E-state index is 11.7. The van der Waals surface area contributed by atoms with Gasteiger partial charge in [0, 0.05) is 27.5 Å². The summed E-state index contributed by atoms with van der Waals surface area (Å²) in [5.74, 6) is -1.67. The largest absolute Gasteiger partial charge is 0.480 e. The highest BCUT2D eigenvalue weighted by Gasteiger charge is 2.08. The van der Waals surface area contributed by atoms with Crippen molar-refractivity contribution >= 4 is 40.6 Å². The number of hydrogen-bond donors (Lipinski definition) is 3. The molecule has 0 spiro atoms. The van der Waals surface area contributed by atoms with Crippen molar-refractivity contribution in [3.8, 4) is 0 Å². The van der Waals surface area contributed by atoms with Gasteiger partial charge in [-0.2, -0.15) is 0 Å². The van der Waals surface area contributed by atoms with Crippen molar-refractivity contribution in [2.75, 3.05) is 11.9 Å². The summed E-state index contributed by atoms with van der Waals surface area (Å²) in [5, 5.41) is 14.4. The molecule has 124 valence electrons. The van der Waals surface area contributed by atoms with Crippen LogP contribution in [-0.2, 0) is 4.79 Å². The minimum atomic E-state index is -1.11. The molecule has 0 fully saturated rings. The molecule has 0 heterocycles. The smallest absolute Gasteiger partial charge is 0.322 e. The number of ketones is 1. The summed E-state index contributed by atoms with van der Waals surface area (Å²) in [6.07, 6.45) is 0. The van der Waals surface area contributed by atoms with E-state index in [1.165, 1.54) is 6.92 Å². The van der Waals surface area contributed by atoms with Crippen LogP contribution in [0.15, 0.2) is 42.5 Å². The van der Waals surface area contributed by atoms with Crippen LogP contribution in [0.4, 0.5) is 11.4 Å². The van der Waals surface area contributed by atoms with Gasteiger partial charge in [-0.25, -0.2) is 0 Å². The van der Waals surface area contributed by atoms with Crippen LogP contribution in [0.3, 0.4) is 0 Å². The van der Waals surface area contributed by atoms with E-state index in [9.17, 15) is 14.4 Å². The number of amides is 1. The molecule has 3 N–H and O–H groups in total. The first-order chi connectivity index (χ1) is 11.3. The van der Waals surface area contributed by atoms with Crippen LogP contribution in [0, 0.1) is 0 Å². The van der Waals surface area contributed by atoms with Crippen molar-refractivity contribution in [3.63, 3.8) is 0 Å². The predicted molar refractivity (Wildman–Crippen MR) is 91.2 cm³/mol. The molecule has 0 bridgehead atoms. The highest BCUT2D eigenvalue weighted by atomic mass is 35.5. The molecule has 0 aliphatic carbocycles. The molecule has 0 saturated carbocycles. The molecule has 2 aromatic rings. The minimum Gasteiger partial charge on any atom is -0.480 e. The molecule has 7 heteroatoms. The number of carbonyl (C=O) groups is 3. The summed E-state index contributed by atoms with van der Waals surface area (Å²) in [4.78, 5) is 33.6. The van der Waals surface area contributed by atoms with E-state index in [1.807, 2.05) is 0 Å². The summed E-state index contributed by atoms with van der Waals surface area (Å²) < 4.78 is 0. The standard InChI is InChI=1S/C17H15ClN2O4/c1-10(21)12-6-13(18)8-15(7-12)20-14-4-2-11(3-5-14)17(24)19-9-16(22)23/h2-8,20H,9H2,1H3,(H,19,24)(H,22,23). The van der Waals surface area contributed by atoms with Gasteiger partial charge >= 0.3 is 5.97 Å². The number of aliphatic carboxylic acids is 1. The molecule has 0 aliphatic rings. The molecule has 6 nitrogen and oxygen atoms in total. The van der Waals surface area contributed by atoms with E-state index in [0.29, 0.717) is 27.5 Å². The van der Waals surface area contributed by atoms with Crippen molar-refractivity contribution in [2.45, 2.75) is 6.92 Å². The van der Waals surface area contributed by atoms with Crippen molar-refractivity contribution in [1.29, 1.82) is 0 Å². The van der Waals surface area contributed by atoms with Crippen molar-refractivity contribution in [3.05, 3.63) is 58.6 Å². The lowest BCUT2D eigenvalue weighted by atomic mass is 10.1. The predicted octanol–water partition coefficient (Wildman–Crippen LogP) is 3.10. The Kier molecular flexibility index (Phi) is 5.55. The van der Waals surface area contributed by atoms with Gasteiger partial charge in [-0.1, -0.05) is 11.6 Å². The summed E-state index contributed by atoms with van der Waals surface area (Å²) in [6.45, 7) is 1.02. The van der Waals surface area contributed by atoms with Gasteiger partial charge in [-0.15, -0.1) is 0 Å². The number of anilines is 2. The Balaban J connectivity index is 2.10. The van der Waals surface area contributed by atoms with Gasteiger partial charge in [-0.3, -0.25) is 14.4 Å². The van der Waals surface area contributed by atoms with Crippen LogP contribution in [0.25, 0.3) is 0 Å². The monoisotopic (exact) mass is 346 g/mol. The number of rotatable bonds is 6. The van der Waals surface area contributed by atoms with Gasteiger partial charge in [0.1, 0.15) is 6.54 Å². The first-order valence-corrected chi connectivity index (χ1v) is 7.41. The van der Waals surface area contributed by atoms with E-state index in [2.05, 4.69) is 10.6 Å². The first-order valence-electron chi connectivity index (χ1n) is 7.04. The van der Waals surface area contributed by atoms with E-state index in [1.54, 1.807) is 42.5 Å². The third kappa shape index (κ3) is 4.82. The van der Waals surface area contributed by atoms with Crippen LogP contribution in [0.5, 0.6) is 0 Å². The van der Waals surface area contributed by atoms with E-state index in [4.69, 9.17) is 16.7 Å². The number of hydrogen-bond acceptors (Lipinski definition) is 4. The third-order valence-electron chi connectivity index (χ3n) is 3.14. The third-order valence-corrected chi connectivity index (χ3v) is 3.36. The Morgan fingerprint density at radius 2 is 1.67 bits per heavy atom. The van der Waals surface area contributed by atoms with Crippen molar-refractivity contribution in [1.82, 2.24) is 5.32 Å². The average Bonchev–Trinajstić information content (AvgIpc) is 2.52. The molecule has 0 aliphatic heterocycles. The van der Waals surface area contributed by atoms with E-state index in [0.717, 1.165) is 0 Å².